The molecule has 0 spiro atoms. The fourth-order valence-corrected chi connectivity index (χ4v) is 14.6. The molecule has 3 heterocycles. The number of ether oxygens (including phenoxy) is 6. The molecule has 12 N–H and O–H groups in total. The third-order valence-electron chi connectivity index (χ3n) is 21.8. The minimum absolute atomic E-state index is 0.229. The number of hydrogen-bond donors (Lipinski definition) is 12. The van der Waals surface area contributed by atoms with Crippen molar-refractivity contribution in [3.8, 4) is 0 Å². The fourth-order valence-electron chi connectivity index (χ4n) is 14.6. The maximum Gasteiger partial charge on any atom is 0.220 e. The molecule has 0 aromatic carbocycles. The van der Waals surface area contributed by atoms with Crippen LogP contribution in [0.25, 0.3) is 0 Å². The van der Waals surface area contributed by atoms with Crippen LogP contribution < -0.4 is 5.32 Å². The highest BCUT2D eigenvalue weighted by Crippen LogP contribution is 2.34. The van der Waals surface area contributed by atoms with Gasteiger partial charge in [-0.25, -0.2) is 0 Å². The van der Waals surface area contributed by atoms with Crippen LogP contribution >= 0.6 is 0 Å². The van der Waals surface area contributed by atoms with Gasteiger partial charge in [-0.15, -0.1) is 0 Å². The summed E-state index contributed by atoms with van der Waals surface area (Å²) in [7, 11) is 0. The lowest BCUT2D eigenvalue weighted by molar-refractivity contribution is -0.379. The number of aliphatic hydroxyl groups is 11. The van der Waals surface area contributed by atoms with E-state index in [1.807, 2.05) is 0 Å². The number of hydrogen-bond acceptors (Lipinski definition) is 18. The lowest BCUT2D eigenvalue weighted by Crippen LogP contribution is -2.66. The van der Waals surface area contributed by atoms with E-state index in [4.69, 9.17) is 28.4 Å². The zero-order valence-corrected chi connectivity index (χ0v) is 70.3. The zero-order chi connectivity index (χ0) is 81.7. The Morgan fingerprint density at radius 3 is 0.956 bits per heavy atom. The highest BCUT2D eigenvalue weighted by molar-refractivity contribution is 5.76. The van der Waals surface area contributed by atoms with Crippen LogP contribution in [0.2, 0.25) is 0 Å². The Labute approximate surface area is 684 Å². The Bertz CT molecular complexity index is 2510. The number of rotatable bonds is 72. The monoisotopic (exact) mass is 1590 g/mol. The van der Waals surface area contributed by atoms with Gasteiger partial charge in [0.05, 0.1) is 38.6 Å². The quantitative estimate of drug-likeness (QED) is 0.0199. The van der Waals surface area contributed by atoms with Gasteiger partial charge in [-0.1, -0.05) is 360 Å². The maximum absolute atomic E-state index is 13.5. The van der Waals surface area contributed by atoms with Crippen molar-refractivity contribution in [3.63, 3.8) is 0 Å². The van der Waals surface area contributed by atoms with E-state index in [0.717, 1.165) is 116 Å². The molecule has 113 heavy (non-hydrogen) atoms. The van der Waals surface area contributed by atoms with Gasteiger partial charge >= 0.3 is 0 Å². The normalized spacial score (nSPS) is 25.4. The van der Waals surface area contributed by atoms with Crippen LogP contribution in [0.5, 0.6) is 0 Å². The predicted molar refractivity (Wildman–Crippen MR) is 457 cm³/mol. The standard InChI is InChI=1S/C94H163NO18/c1-3-5-7-9-11-13-15-17-19-21-23-25-27-29-31-33-35-37-38-40-42-44-46-48-50-52-54-56-58-60-62-64-66-68-70-72-82(100)95-77(78(99)71-69-67-65-63-61-59-57-55-53-51-49-47-45-43-41-39-36-34-32-30-28-26-24-22-20-18-16-14-12-10-8-6-4-2)76-108-92-88(106)85(103)90(80(74-97)110-92)113-94-89(107)86(104)91(81(75-98)111-94)112-93-87(105)84(102)83(101)79(73-96)109-93/h5,7,11,13,17,19,23,25,29,31,35,37,40,42,46,48,52,54,58,60,77-81,83-94,96-99,101-107H,3-4,6,8-10,12,14-16,18,20-22,24,26-28,30,32-34,36,38-39,41,43-45,47,49-51,53,55-57,59,61-76H2,1-2H3,(H,95,100)/b7-5-,13-11-,19-17-,25-23-,31-29-,37-35-,42-40-,48-46-,54-52-,60-58-. The van der Waals surface area contributed by atoms with Crippen LogP contribution in [-0.4, -0.2) is 193 Å². The minimum atomic E-state index is -1.98. The number of carbonyl (C=O) groups is 1. The summed E-state index contributed by atoms with van der Waals surface area (Å²) in [6.45, 7) is 1.70. The van der Waals surface area contributed by atoms with Crippen molar-refractivity contribution >= 4 is 5.91 Å². The Morgan fingerprint density at radius 1 is 0.327 bits per heavy atom. The second kappa shape index (κ2) is 72.2. The van der Waals surface area contributed by atoms with E-state index in [2.05, 4.69) is 141 Å². The summed E-state index contributed by atoms with van der Waals surface area (Å²) in [5.41, 5.74) is 0. The Morgan fingerprint density at radius 2 is 0.611 bits per heavy atom. The summed E-state index contributed by atoms with van der Waals surface area (Å²) < 4.78 is 34.6. The molecule has 3 aliphatic rings. The first kappa shape index (κ1) is 103. The van der Waals surface area contributed by atoms with Gasteiger partial charge in [-0.2, -0.15) is 0 Å². The average molecular weight is 1600 g/mol. The van der Waals surface area contributed by atoms with Gasteiger partial charge in [0.15, 0.2) is 18.9 Å². The molecule has 1 amide bonds. The third-order valence-corrected chi connectivity index (χ3v) is 21.8. The van der Waals surface area contributed by atoms with E-state index in [1.165, 1.54) is 186 Å². The number of aliphatic hydroxyl groups excluding tert-OH is 11. The molecule has 0 aromatic rings. The Hall–Kier alpha value is -3.81. The van der Waals surface area contributed by atoms with E-state index in [-0.39, 0.29) is 18.9 Å². The number of allylic oxidation sites excluding steroid dienone is 20. The minimum Gasteiger partial charge on any atom is -0.394 e. The van der Waals surface area contributed by atoms with Gasteiger partial charge in [0.1, 0.15) is 73.2 Å². The predicted octanol–water partition coefficient (Wildman–Crippen LogP) is 17.4. The van der Waals surface area contributed by atoms with Gasteiger partial charge in [0.2, 0.25) is 5.91 Å². The van der Waals surface area contributed by atoms with E-state index < -0.39 is 124 Å². The number of amides is 1. The molecular formula is C94H163NO18. The molecule has 19 heteroatoms. The van der Waals surface area contributed by atoms with Gasteiger partial charge in [-0.3, -0.25) is 4.79 Å². The maximum atomic E-state index is 13.5. The Balaban J connectivity index is 1.35. The first-order valence-corrected chi connectivity index (χ1v) is 45.3. The summed E-state index contributed by atoms with van der Waals surface area (Å²) in [5, 5.41) is 121. The topological polar surface area (TPSA) is 307 Å². The largest absolute Gasteiger partial charge is 0.394 e. The number of nitrogens with one attached hydrogen (secondary N) is 1. The van der Waals surface area contributed by atoms with Gasteiger partial charge in [0.25, 0.3) is 0 Å². The van der Waals surface area contributed by atoms with E-state index in [0.29, 0.717) is 12.8 Å². The average Bonchev–Trinajstić information content (AvgIpc) is 0.780. The molecule has 17 atom stereocenters. The van der Waals surface area contributed by atoms with E-state index >= 15 is 0 Å². The molecule has 0 bridgehead atoms. The van der Waals surface area contributed by atoms with Crippen LogP contribution in [0.15, 0.2) is 122 Å². The first-order valence-electron chi connectivity index (χ1n) is 45.3. The van der Waals surface area contributed by atoms with E-state index in [1.54, 1.807) is 0 Å². The summed E-state index contributed by atoms with van der Waals surface area (Å²) in [6, 6.07) is -0.913. The Kier molecular flexibility index (Phi) is 66.1. The fraction of sp³-hybridized carbons (Fsp3) is 0.777. The van der Waals surface area contributed by atoms with Gasteiger partial charge in [0, 0.05) is 6.42 Å². The highest BCUT2D eigenvalue weighted by atomic mass is 16.8. The first-order chi connectivity index (χ1) is 55.3. The second-order valence-electron chi connectivity index (χ2n) is 31.7. The molecule has 3 fully saturated rings. The molecule has 0 aliphatic carbocycles. The molecule has 0 radical (unpaired) electrons. The van der Waals surface area contributed by atoms with Crippen molar-refractivity contribution in [2.75, 3.05) is 26.4 Å². The van der Waals surface area contributed by atoms with Crippen LogP contribution in [0.3, 0.4) is 0 Å². The zero-order valence-electron chi connectivity index (χ0n) is 70.3. The van der Waals surface area contributed by atoms with Crippen LogP contribution in [-0.2, 0) is 33.2 Å². The third kappa shape index (κ3) is 50.7. The second-order valence-corrected chi connectivity index (χ2v) is 31.7. The molecular weight excluding hydrogens is 1430 g/mol. The molecule has 652 valence electrons. The van der Waals surface area contributed by atoms with Crippen LogP contribution in [0.4, 0.5) is 0 Å². The highest BCUT2D eigenvalue weighted by Gasteiger charge is 2.54. The summed E-state index contributed by atoms with van der Waals surface area (Å²) in [5.74, 6) is -0.268. The molecule has 0 aromatic heterocycles. The number of carbonyl (C=O) groups excluding carboxylic acids is 1. The van der Waals surface area contributed by atoms with Gasteiger partial charge < -0.3 is 89.9 Å². The molecule has 3 rings (SSSR count). The van der Waals surface area contributed by atoms with E-state index in [9.17, 15) is 61.0 Å². The van der Waals surface area contributed by atoms with Gasteiger partial charge in [-0.05, 0) is 89.9 Å². The lowest BCUT2D eigenvalue weighted by Gasteiger charge is -2.48. The lowest BCUT2D eigenvalue weighted by atomic mass is 9.96. The molecule has 3 aliphatic heterocycles. The molecule has 3 saturated heterocycles. The van der Waals surface area contributed by atoms with Crippen LogP contribution in [0.1, 0.15) is 335 Å². The van der Waals surface area contributed by atoms with Crippen molar-refractivity contribution in [1.82, 2.24) is 5.32 Å². The summed E-state index contributed by atoms with van der Waals surface area (Å²) in [6.07, 6.45) is 75.8. The summed E-state index contributed by atoms with van der Waals surface area (Å²) in [4.78, 5) is 13.5. The van der Waals surface area contributed by atoms with Crippen molar-refractivity contribution in [3.05, 3.63) is 122 Å². The smallest absolute Gasteiger partial charge is 0.220 e. The van der Waals surface area contributed by atoms with Crippen molar-refractivity contribution in [2.45, 2.75) is 439 Å². The van der Waals surface area contributed by atoms with Crippen molar-refractivity contribution < 1.29 is 89.4 Å². The molecule has 19 nitrogen and oxygen atoms in total. The van der Waals surface area contributed by atoms with Crippen molar-refractivity contribution in [1.29, 1.82) is 0 Å². The van der Waals surface area contributed by atoms with Crippen LogP contribution in [0, 0.1) is 0 Å². The number of unbranched alkanes of at least 4 members (excludes halogenated alkanes) is 36. The van der Waals surface area contributed by atoms with Crippen molar-refractivity contribution in [2.24, 2.45) is 0 Å². The molecule has 0 saturated carbocycles. The summed E-state index contributed by atoms with van der Waals surface area (Å²) >= 11 is 0. The molecule has 17 unspecified atom stereocenters. The SMILES string of the molecule is CC/C=C\C/C=C\C/C=C\C/C=C\C/C=C\C/C=C\C/C=C\C/C=C\C/C=C\C/C=C\CCCCCCC(=O)NC(COC1OC(CO)C(OC2OC(CO)C(OC3OC(CO)C(O)C(O)C3O)C(O)C2O)C(O)C1O)C(O)CCCCCCCCCCCCCCCCCCCCCCCCCCCCCCCCCCC.